The Hall–Kier alpha value is -2.04. The van der Waals surface area contributed by atoms with Gasteiger partial charge in [0.25, 0.3) is 5.56 Å². The lowest BCUT2D eigenvalue weighted by Gasteiger charge is -2.09. The number of methoxy groups -OCH3 is 1. The van der Waals surface area contributed by atoms with E-state index in [1.165, 1.54) is 4.57 Å². The summed E-state index contributed by atoms with van der Waals surface area (Å²) in [5, 5.41) is 0.467. The third-order valence-corrected chi connectivity index (χ3v) is 2.74. The van der Waals surface area contributed by atoms with Gasteiger partial charge < -0.3 is 9.72 Å². The Balaban J connectivity index is 2.74. The molecule has 2 aromatic rings. The summed E-state index contributed by atoms with van der Waals surface area (Å²) >= 11 is 0. The second-order valence-corrected chi connectivity index (χ2v) is 4.65. The van der Waals surface area contributed by atoms with Crippen LogP contribution in [0, 0.1) is 5.92 Å². The van der Waals surface area contributed by atoms with Gasteiger partial charge in [-0.3, -0.25) is 9.36 Å². The molecule has 96 valence electrons. The monoisotopic (exact) mass is 248 g/mol. The zero-order chi connectivity index (χ0) is 13.3. The van der Waals surface area contributed by atoms with Crippen LogP contribution in [0.4, 0.5) is 0 Å². The van der Waals surface area contributed by atoms with E-state index in [0.717, 1.165) is 0 Å². The van der Waals surface area contributed by atoms with E-state index in [2.05, 4.69) is 4.98 Å². The van der Waals surface area contributed by atoms with Gasteiger partial charge in [-0.25, -0.2) is 4.79 Å². The Bertz CT molecular complexity index is 683. The van der Waals surface area contributed by atoms with Crippen LogP contribution in [0.1, 0.15) is 13.8 Å². The van der Waals surface area contributed by atoms with Gasteiger partial charge in [-0.05, 0) is 24.1 Å². The summed E-state index contributed by atoms with van der Waals surface area (Å²) in [5.41, 5.74) is -0.112. The van der Waals surface area contributed by atoms with Gasteiger partial charge in [-0.15, -0.1) is 0 Å². The van der Waals surface area contributed by atoms with Crippen LogP contribution < -0.4 is 16.0 Å². The maximum atomic E-state index is 12.2. The molecule has 0 spiro atoms. The van der Waals surface area contributed by atoms with Gasteiger partial charge in [0, 0.05) is 6.54 Å². The first kappa shape index (κ1) is 12.4. The van der Waals surface area contributed by atoms with Crippen LogP contribution in [0.3, 0.4) is 0 Å². The quantitative estimate of drug-likeness (QED) is 0.891. The summed E-state index contributed by atoms with van der Waals surface area (Å²) in [4.78, 5) is 26.8. The minimum atomic E-state index is -0.369. The van der Waals surface area contributed by atoms with Crippen molar-refractivity contribution >= 4 is 10.9 Å². The number of fused-ring (bicyclic) bond motifs is 1. The highest BCUT2D eigenvalue weighted by atomic mass is 16.5. The van der Waals surface area contributed by atoms with Crippen molar-refractivity contribution in [2.45, 2.75) is 20.4 Å². The molecule has 5 heteroatoms. The molecule has 0 aliphatic heterocycles. The zero-order valence-electron chi connectivity index (χ0n) is 10.7. The number of ether oxygens (including phenoxy) is 1. The first-order valence-electron chi connectivity index (χ1n) is 5.84. The summed E-state index contributed by atoms with van der Waals surface area (Å²) in [6, 6.07) is 5.03. The SMILES string of the molecule is COc1ccc2[nH]c(=O)n(CC(C)C)c(=O)c2c1. The molecule has 5 nitrogen and oxygen atoms in total. The Labute approximate surface area is 104 Å². The van der Waals surface area contributed by atoms with Gasteiger partial charge in [0.2, 0.25) is 0 Å². The molecule has 0 aliphatic carbocycles. The van der Waals surface area contributed by atoms with E-state index in [0.29, 0.717) is 23.2 Å². The molecule has 0 saturated carbocycles. The van der Waals surface area contributed by atoms with Gasteiger partial charge in [0.15, 0.2) is 0 Å². The van der Waals surface area contributed by atoms with Crippen molar-refractivity contribution < 1.29 is 4.74 Å². The summed E-state index contributed by atoms with van der Waals surface area (Å²) < 4.78 is 6.32. The van der Waals surface area contributed by atoms with E-state index in [1.54, 1.807) is 25.3 Å². The molecular formula is C13H16N2O3. The molecule has 0 atom stereocenters. The predicted molar refractivity (Wildman–Crippen MR) is 70.2 cm³/mol. The molecule has 0 saturated heterocycles. The highest BCUT2D eigenvalue weighted by Crippen LogP contribution is 2.15. The number of aromatic nitrogens is 2. The molecule has 1 aromatic carbocycles. The van der Waals surface area contributed by atoms with Gasteiger partial charge in [0.1, 0.15) is 5.75 Å². The summed E-state index contributed by atoms with van der Waals surface area (Å²) in [7, 11) is 1.54. The average Bonchev–Trinajstić information content (AvgIpc) is 2.34. The Morgan fingerprint density at radius 1 is 1.33 bits per heavy atom. The standard InChI is InChI=1S/C13H16N2O3/c1-8(2)7-15-12(16)10-6-9(18-3)4-5-11(10)14-13(15)17/h4-6,8H,7H2,1-3H3,(H,14,17). The summed E-state index contributed by atoms with van der Waals surface area (Å²) in [5.74, 6) is 0.828. The number of hydrogen-bond acceptors (Lipinski definition) is 3. The predicted octanol–water partition coefficient (Wildman–Crippen LogP) is 1.35. The zero-order valence-corrected chi connectivity index (χ0v) is 10.7. The first-order chi connectivity index (χ1) is 8.52. The molecule has 0 amide bonds. The first-order valence-corrected chi connectivity index (χ1v) is 5.84. The fourth-order valence-corrected chi connectivity index (χ4v) is 1.89. The minimum Gasteiger partial charge on any atom is -0.497 e. The molecule has 0 fully saturated rings. The molecule has 0 radical (unpaired) electrons. The fourth-order valence-electron chi connectivity index (χ4n) is 1.89. The number of H-pyrrole nitrogens is 1. The Morgan fingerprint density at radius 2 is 2.06 bits per heavy atom. The third-order valence-electron chi connectivity index (χ3n) is 2.74. The van der Waals surface area contributed by atoms with Gasteiger partial charge in [-0.1, -0.05) is 13.8 Å². The lowest BCUT2D eigenvalue weighted by molar-refractivity contribution is 0.415. The molecule has 0 aliphatic rings. The Morgan fingerprint density at radius 3 is 2.67 bits per heavy atom. The number of aromatic amines is 1. The lowest BCUT2D eigenvalue weighted by Crippen LogP contribution is -2.36. The third kappa shape index (κ3) is 2.16. The van der Waals surface area contributed by atoms with E-state index in [1.807, 2.05) is 13.8 Å². The topological polar surface area (TPSA) is 64.1 Å². The van der Waals surface area contributed by atoms with Crippen molar-refractivity contribution in [2.75, 3.05) is 7.11 Å². The van der Waals surface area contributed by atoms with E-state index < -0.39 is 0 Å². The van der Waals surface area contributed by atoms with E-state index in [-0.39, 0.29) is 17.2 Å². The maximum Gasteiger partial charge on any atom is 0.328 e. The normalized spacial score (nSPS) is 11.1. The van der Waals surface area contributed by atoms with Crippen LogP contribution in [-0.2, 0) is 6.54 Å². The maximum absolute atomic E-state index is 12.2. The van der Waals surface area contributed by atoms with Gasteiger partial charge in [0.05, 0.1) is 18.0 Å². The second-order valence-electron chi connectivity index (χ2n) is 4.65. The van der Waals surface area contributed by atoms with E-state index in [9.17, 15) is 9.59 Å². The molecule has 0 unspecified atom stereocenters. The van der Waals surface area contributed by atoms with Crippen molar-refractivity contribution in [1.29, 1.82) is 0 Å². The van der Waals surface area contributed by atoms with Gasteiger partial charge >= 0.3 is 5.69 Å². The summed E-state index contributed by atoms with van der Waals surface area (Å²) in [6.45, 7) is 4.32. The van der Waals surface area contributed by atoms with Crippen LogP contribution in [0.5, 0.6) is 5.75 Å². The van der Waals surface area contributed by atoms with E-state index in [4.69, 9.17) is 4.74 Å². The molecule has 2 rings (SSSR count). The average molecular weight is 248 g/mol. The highest BCUT2D eigenvalue weighted by Gasteiger charge is 2.09. The fraction of sp³-hybridized carbons (Fsp3) is 0.385. The minimum absolute atomic E-state index is 0.229. The van der Waals surface area contributed by atoms with Crippen molar-refractivity contribution in [3.63, 3.8) is 0 Å². The van der Waals surface area contributed by atoms with Gasteiger partial charge in [-0.2, -0.15) is 0 Å². The number of nitrogens with one attached hydrogen (secondary N) is 1. The van der Waals surface area contributed by atoms with Crippen molar-refractivity contribution in [3.8, 4) is 5.75 Å². The summed E-state index contributed by atoms with van der Waals surface area (Å²) in [6.07, 6.45) is 0. The van der Waals surface area contributed by atoms with Crippen molar-refractivity contribution in [2.24, 2.45) is 5.92 Å². The van der Waals surface area contributed by atoms with Crippen LogP contribution in [0.15, 0.2) is 27.8 Å². The lowest BCUT2D eigenvalue weighted by atomic mass is 10.2. The van der Waals surface area contributed by atoms with Crippen molar-refractivity contribution in [3.05, 3.63) is 39.0 Å². The number of nitrogens with zero attached hydrogens (tertiary/aromatic N) is 1. The molecule has 1 heterocycles. The van der Waals surface area contributed by atoms with Crippen LogP contribution in [0.2, 0.25) is 0 Å². The number of benzene rings is 1. The molecular weight excluding hydrogens is 232 g/mol. The largest absolute Gasteiger partial charge is 0.497 e. The van der Waals surface area contributed by atoms with Crippen LogP contribution in [-0.4, -0.2) is 16.7 Å². The number of rotatable bonds is 3. The molecule has 0 bridgehead atoms. The van der Waals surface area contributed by atoms with Crippen LogP contribution >= 0.6 is 0 Å². The Kier molecular flexibility index (Phi) is 3.23. The second kappa shape index (κ2) is 4.68. The molecule has 1 aromatic heterocycles. The number of hydrogen-bond donors (Lipinski definition) is 1. The van der Waals surface area contributed by atoms with Crippen molar-refractivity contribution in [1.82, 2.24) is 9.55 Å². The molecule has 18 heavy (non-hydrogen) atoms. The van der Waals surface area contributed by atoms with Crippen LogP contribution in [0.25, 0.3) is 10.9 Å². The highest BCUT2D eigenvalue weighted by molar-refractivity contribution is 5.78. The smallest absolute Gasteiger partial charge is 0.328 e. The molecule has 1 N–H and O–H groups in total. The van der Waals surface area contributed by atoms with E-state index >= 15 is 0 Å².